The van der Waals surface area contributed by atoms with Crippen LogP contribution in [-0.2, 0) is 10.3 Å². The zero-order valence-corrected chi connectivity index (χ0v) is 22.3. The summed E-state index contributed by atoms with van der Waals surface area (Å²) in [6, 6.07) is 14.3. The number of nitrogens with one attached hydrogen (secondary N) is 1. The molecule has 2 heterocycles. The minimum atomic E-state index is -0.256. The Kier molecular flexibility index (Phi) is 7.12. The lowest BCUT2D eigenvalue weighted by Crippen LogP contribution is -2.56. The molecule has 8 heteroatoms. The number of anilines is 1. The highest BCUT2D eigenvalue weighted by Gasteiger charge is 2.55. The van der Waals surface area contributed by atoms with E-state index in [1.54, 1.807) is 30.3 Å². The molecule has 0 atom stereocenters. The fraction of sp³-hybridized carbons (Fsp3) is 0.552. The van der Waals surface area contributed by atoms with Gasteiger partial charge < -0.3 is 19.9 Å². The highest BCUT2D eigenvalue weighted by molar-refractivity contribution is 5.95. The lowest BCUT2D eigenvalue weighted by Gasteiger charge is -2.51. The fourth-order valence-corrected chi connectivity index (χ4v) is 6.50. The van der Waals surface area contributed by atoms with Gasteiger partial charge in [0, 0.05) is 24.8 Å². The molecule has 1 aromatic carbocycles. The van der Waals surface area contributed by atoms with E-state index < -0.39 is 0 Å². The SMILES string of the molecule is COc1cccnc1NC(=O)CN1CC2(CCC(c3ccccc3)(N(C)C)CC2)N(CC2CCC2)C1=O. The van der Waals surface area contributed by atoms with Gasteiger partial charge in [-0.3, -0.25) is 9.69 Å². The van der Waals surface area contributed by atoms with E-state index >= 15 is 0 Å². The molecular formula is C29H39N5O3. The first kappa shape index (κ1) is 25.5. The maximum Gasteiger partial charge on any atom is 0.321 e. The van der Waals surface area contributed by atoms with E-state index in [9.17, 15) is 9.59 Å². The Balaban J connectivity index is 1.34. The number of methoxy groups -OCH3 is 1. The van der Waals surface area contributed by atoms with E-state index in [0.717, 1.165) is 32.2 Å². The van der Waals surface area contributed by atoms with Crippen LogP contribution < -0.4 is 10.1 Å². The molecule has 3 amide bonds. The number of benzene rings is 1. The summed E-state index contributed by atoms with van der Waals surface area (Å²) in [6.45, 7) is 1.40. The minimum Gasteiger partial charge on any atom is -0.493 e. The van der Waals surface area contributed by atoms with Crippen LogP contribution in [0.25, 0.3) is 0 Å². The molecule has 3 aliphatic rings. The van der Waals surface area contributed by atoms with E-state index in [-0.39, 0.29) is 29.6 Å². The van der Waals surface area contributed by atoms with E-state index in [4.69, 9.17) is 4.74 Å². The molecule has 1 aromatic heterocycles. The summed E-state index contributed by atoms with van der Waals surface area (Å²) in [5, 5.41) is 2.83. The minimum absolute atomic E-state index is 0.00731. The number of pyridine rings is 1. The van der Waals surface area contributed by atoms with Crippen molar-refractivity contribution in [1.82, 2.24) is 19.7 Å². The van der Waals surface area contributed by atoms with Gasteiger partial charge in [-0.25, -0.2) is 9.78 Å². The van der Waals surface area contributed by atoms with Gasteiger partial charge in [-0.1, -0.05) is 36.8 Å². The van der Waals surface area contributed by atoms with Gasteiger partial charge in [-0.05, 0) is 76.2 Å². The Hall–Kier alpha value is -3.13. The molecule has 1 spiro atoms. The summed E-state index contributed by atoms with van der Waals surface area (Å²) in [5.41, 5.74) is 1.06. The van der Waals surface area contributed by atoms with Crippen molar-refractivity contribution in [2.75, 3.05) is 46.2 Å². The van der Waals surface area contributed by atoms with Crippen molar-refractivity contribution in [2.24, 2.45) is 5.92 Å². The van der Waals surface area contributed by atoms with E-state index in [2.05, 4.69) is 64.5 Å². The largest absolute Gasteiger partial charge is 0.493 e. The molecule has 2 aliphatic carbocycles. The molecular weight excluding hydrogens is 466 g/mol. The van der Waals surface area contributed by atoms with E-state index in [1.807, 2.05) is 0 Å². The number of aromatic nitrogens is 1. The molecule has 1 aliphatic heterocycles. The molecule has 37 heavy (non-hydrogen) atoms. The Morgan fingerprint density at radius 1 is 1.11 bits per heavy atom. The van der Waals surface area contributed by atoms with Gasteiger partial charge in [0.1, 0.15) is 6.54 Å². The lowest BCUT2D eigenvalue weighted by atomic mass is 9.68. The maximum atomic E-state index is 13.8. The fourth-order valence-electron chi connectivity index (χ4n) is 6.50. The van der Waals surface area contributed by atoms with Crippen LogP contribution in [-0.4, -0.2) is 78.0 Å². The van der Waals surface area contributed by atoms with Crippen molar-refractivity contribution < 1.29 is 14.3 Å². The van der Waals surface area contributed by atoms with Gasteiger partial charge in [0.05, 0.1) is 12.6 Å². The summed E-state index contributed by atoms with van der Waals surface area (Å²) < 4.78 is 5.31. The van der Waals surface area contributed by atoms with Gasteiger partial charge in [-0.2, -0.15) is 0 Å². The number of rotatable bonds is 8. The summed E-state index contributed by atoms with van der Waals surface area (Å²) in [5.74, 6) is 1.19. The Bertz CT molecular complexity index is 1110. The molecule has 2 aromatic rings. The Morgan fingerprint density at radius 3 is 2.46 bits per heavy atom. The predicted octanol–water partition coefficient (Wildman–Crippen LogP) is 4.34. The van der Waals surface area contributed by atoms with Gasteiger partial charge >= 0.3 is 6.03 Å². The number of nitrogens with zero attached hydrogens (tertiary/aromatic N) is 4. The lowest BCUT2D eigenvalue weighted by molar-refractivity contribution is -0.116. The normalized spacial score (nSPS) is 26.0. The third kappa shape index (κ3) is 4.79. The first-order valence-corrected chi connectivity index (χ1v) is 13.5. The van der Waals surface area contributed by atoms with Crippen LogP contribution in [0.2, 0.25) is 0 Å². The van der Waals surface area contributed by atoms with Crippen LogP contribution in [0.15, 0.2) is 48.7 Å². The summed E-state index contributed by atoms with van der Waals surface area (Å²) >= 11 is 0. The van der Waals surface area contributed by atoms with Crippen molar-refractivity contribution in [3.8, 4) is 5.75 Å². The standard InChI is InChI=1S/C29H39N5O3/c1-32(2)29(23-11-5-4-6-12-23)16-14-28(15-17-29)21-33(27(36)34(28)19-22-9-7-10-22)20-25(35)31-26-24(37-3)13-8-18-30-26/h4-6,8,11-13,18,22H,7,9-10,14-17,19-21H2,1-3H3,(H,30,31,35). The molecule has 0 bridgehead atoms. The number of carbonyl (C=O) groups is 2. The topological polar surface area (TPSA) is 78.0 Å². The zero-order valence-electron chi connectivity index (χ0n) is 22.3. The smallest absolute Gasteiger partial charge is 0.321 e. The highest BCUT2D eigenvalue weighted by atomic mass is 16.5. The van der Waals surface area contributed by atoms with Crippen molar-refractivity contribution >= 4 is 17.8 Å². The molecule has 8 nitrogen and oxygen atoms in total. The monoisotopic (exact) mass is 505 g/mol. The summed E-state index contributed by atoms with van der Waals surface area (Å²) in [4.78, 5) is 37.2. The number of ether oxygens (including phenoxy) is 1. The molecule has 1 saturated heterocycles. The van der Waals surface area contributed by atoms with Gasteiger partial charge in [0.25, 0.3) is 0 Å². The van der Waals surface area contributed by atoms with Crippen molar-refractivity contribution in [3.63, 3.8) is 0 Å². The van der Waals surface area contributed by atoms with Crippen LogP contribution in [0.3, 0.4) is 0 Å². The first-order chi connectivity index (χ1) is 17.9. The maximum absolute atomic E-state index is 13.8. The highest BCUT2D eigenvalue weighted by Crippen LogP contribution is 2.49. The third-order valence-corrected chi connectivity index (χ3v) is 8.98. The molecule has 2 saturated carbocycles. The number of amides is 3. The molecule has 0 unspecified atom stereocenters. The Labute approximate surface area is 220 Å². The Morgan fingerprint density at radius 2 is 1.84 bits per heavy atom. The molecule has 5 rings (SSSR count). The van der Waals surface area contributed by atoms with Crippen molar-refractivity contribution in [3.05, 3.63) is 54.2 Å². The first-order valence-electron chi connectivity index (χ1n) is 13.5. The van der Waals surface area contributed by atoms with Gasteiger partial charge in [0.15, 0.2) is 11.6 Å². The average molecular weight is 506 g/mol. The second kappa shape index (κ2) is 10.3. The van der Waals surface area contributed by atoms with Crippen LogP contribution in [0.4, 0.5) is 10.6 Å². The van der Waals surface area contributed by atoms with Gasteiger partial charge in [0.2, 0.25) is 5.91 Å². The molecule has 3 fully saturated rings. The van der Waals surface area contributed by atoms with Crippen molar-refractivity contribution in [2.45, 2.75) is 56.0 Å². The molecule has 198 valence electrons. The number of hydrogen-bond donors (Lipinski definition) is 1. The second-order valence-corrected chi connectivity index (χ2v) is 11.2. The van der Waals surface area contributed by atoms with Crippen LogP contribution in [0, 0.1) is 5.92 Å². The van der Waals surface area contributed by atoms with Crippen molar-refractivity contribution in [1.29, 1.82) is 0 Å². The number of urea groups is 1. The van der Waals surface area contributed by atoms with Gasteiger partial charge in [-0.15, -0.1) is 0 Å². The average Bonchev–Trinajstić information content (AvgIpc) is 3.12. The molecule has 1 N–H and O–H groups in total. The van der Waals surface area contributed by atoms with Crippen LogP contribution >= 0.6 is 0 Å². The number of hydrogen-bond acceptors (Lipinski definition) is 5. The second-order valence-electron chi connectivity index (χ2n) is 11.2. The van der Waals surface area contributed by atoms with Crippen LogP contribution in [0.5, 0.6) is 5.75 Å². The predicted molar refractivity (Wildman–Crippen MR) is 143 cm³/mol. The van der Waals surface area contributed by atoms with E-state index in [1.165, 1.54) is 24.8 Å². The van der Waals surface area contributed by atoms with E-state index in [0.29, 0.717) is 24.0 Å². The van der Waals surface area contributed by atoms with Crippen LogP contribution in [0.1, 0.15) is 50.5 Å². The molecule has 0 radical (unpaired) electrons. The summed E-state index contributed by atoms with van der Waals surface area (Å²) in [6.07, 6.45) is 9.02. The quantitative estimate of drug-likeness (QED) is 0.578. The zero-order chi connectivity index (χ0) is 26.0. The number of carbonyl (C=O) groups excluding carboxylic acids is 2. The summed E-state index contributed by atoms with van der Waals surface area (Å²) in [7, 11) is 5.88. The third-order valence-electron chi connectivity index (χ3n) is 8.98.